The zero-order valence-electron chi connectivity index (χ0n) is 11.5. The lowest BCUT2D eigenvalue weighted by molar-refractivity contribution is 0.415. The highest BCUT2D eigenvalue weighted by molar-refractivity contribution is 7.80. The van der Waals surface area contributed by atoms with E-state index in [0.717, 1.165) is 17.0 Å². The molecule has 2 rings (SSSR count). The van der Waals surface area contributed by atoms with E-state index in [0.29, 0.717) is 10.8 Å². The van der Waals surface area contributed by atoms with Crippen LogP contribution in [-0.2, 0) is 0 Å². The van der Waals surface area contributed by atoms with Crippen molar-refractivity contribution in [3.8, 4) is 5.75 Å². The molecule has 0 fully saturated rings. The van der Waals surface area contributed by atoms with Crippen molar-refractivity contribution >= 4 is 40.3 Å². The number of hydrogen-bond acceptors (Lipinski definition) is 2. The molecule has 0 amide bonds. The van der Waals surface area contributed by atoms with Gasteiger partial charge in [-0.3, -0.25) is 0 Å². The molecule has 0 aliphatic rings. The molecular weight excluding hydrogens is 311 g/mol. The number of benzene rings is 2. The fraction of sp³-hybridized carbons (Fsp3) is 0.133. The van der Waals surface area contributed by atoms with Crippen molar-refractivity contribution in [3.05, 3.63) is 52.8 Å². The van der Waals surface area contributed by atoms with E-state index >= 15 is 0 Å². The lowest BCUT2D eigenvalue weighted by Gasteiger charge is -2.14. The van der Waals surface area contributed by atoms with Crippen LogP contribution in [0.3, 0.4) is 0 Å². The van der Waals surface area contributed by atoms with Crippen LogP contribution in [0, 0.1) is 12.7 Å². The lowest BCUT2D eigenvalue weighted by Crippen LogP contribution is -2.19. The number of ether oxygens (including phenoxy) is 1. The number of methoxy groups -OCH3 is 1. The van der Waals surface area contributed by atoms with E-state index in [4.69, 9.17) is 28.6 Å². The molecule has 2 aromatic rings. The van der Waals surface area contributed by atoms with Gasteiger partial charge in [-0.2, -0.15) is 0 Å². The molecule has 0 bridgehead atoms. The Bertz CT molecular complexity index is 679. The smallest absolute Gasteiger partial charge is 0.175 e. The summed E-state index contributed by atoms with van der Waals surface area (Å²) in [5.74, 6) is 0.332. The topological polar surface area (TPSA) is 33.3 Å². The highest BCUT2D eigenvalue weighted by atomic mass is 35.5. The maximum Gasteiger partial charge on any atom is 0.175 e. The van der Waals surface area contributed by atoms with E-state index in [9.17, 15) is 4.39 Å². The maximum absolute atomic E-state index is 13.0. The normalized spacial score (nSPS) is 10.1. The van der Waals surface area contributed by atoms with Gasteiger partial charge in [0.05, 0.1) is 17.8 Å². The Labute approximate surface area is 133 Å². The zero-order chi connectivity index (χ0) is 15.4. The van der Waals surface area contributed by atoms with Crippen molar-refractivity contribution in [2.24, 2.45) is 0 Å². The molecule has 6 heteroatoms. The number of hydrogen-bond donors (Lipinski definition) is 2. The second kappa shape index (κ2) is 6.74. The van der Waals surface area contributed by atoms with Crippen molar-refractivity contribution in [1.82, 2.24) is 0 Å². The molecule has 0 aromatic heterocycles. The molecule has 0 heterocycles. The van der Waals surface area contributed by atoms with Crippen LogP contribution in [0.4, 0.5) is 15.8 Å². The quantitative estimate of drug-likeness (QED) is 0.808. The molecule has 0 saturated heterocycles. The fourth-order valence-corrected chi connectivity index (χ4v) is 2.16. The summed E-state index contributed by atoms with van der Waals surface area (Å²) >= 11 is 11.2. The fourth-order valence-electron chi connectivity index (χ4n) is 1.73. The monoisotopic (exact) mass is 324 g/mol. The SMILES string of the molecule is COc1ccc(C)c(NC(=S)Nc2ccc(F)cc2Cl)c1. The van der Waals surface area contributed by atoms with Gasteiger partial charge in [-0.15, -0.1) is 0 Å². The zero-order valence-corrected chi connectivity index (χ0v) is 13.1. The van der Waals surface area contributed by atoms with Crippen LogP contribution in [0.15, 0.2) is 36.4 Å². The second-order valence-electron chi connectivity index (χ2n) is 4.38. The molecule has 2 N–H and O–H groups in total. The summed E-state index contributed by atoms with van der Waals surface area (Å²) < 4.78 is 18.2. The molecule has 0 aliphatic heterocycles. The van der Waals surface area contributed by atoms with Gasteiger partial charge < -0.3 is 15.4 Å². The number of rotatable bonds is 3. The molecule has 0 saturated carbocycles. The Balaban J connectivity index is 2.11. The van der Waals surface area contributed by atoms with Crippen LogP contribution in [-0.4, -0.2) is 12.2 Å². The Hall–Kier alpha value is -1.85. The maximum atomic E-state index is 13.0. The van der Waals surface area contributed by atoms with E-state index in [1.165, 1.54) is 18.2 Å². The van der Waals surface area contributed by atoms with Gasteiger partial charge in [0.2, 0.25) is 0 Å². The summed E-state index contributed by atoms with van der Waals surface area (Å²) in [6.07, 6.45) is 0. The molecule has 0 atom stereocenters. The minimum Gasteiger partial charge on any atom is -0.497 e. The van der Waals surface area contributed by atoms with E-state index in [1.54, 1.807) is 7.11 Å². The number of aryl methyl sites for hydroxylation is 1. The molecule has 2 aromatic carbocycles. The third-order valence-electron chi connectivity index (χ3n) is 2.87. The van der Waals surface area contributed by atoms with Gasteiger partial charge in [-0.1, -0.05) is 17.7 Å². The molecule has 3 nitrogen and oxygen atoms in total. The predicted octanol–water partition coefficient (Wildman–Crippen LogP) is 4.61. The van der Waals surface area contributed by atoms with E-state index in [1.807, 2.05) is 25.1 Å². The number of thiocarbonyl (C=S) groups is 1. The van der Waals surface area contributed by atoms with Crippen molar-refractivity contribution in [2.45, 2.75) is 6.92 Å². The second-order valence-corrected chi connectivity index (χ2v) is 5.20. The van der Waals surface area contributed by atoms with Gasteiger partial charge in [0.15, 0.2) is 5.11 Å². The first-order valence-corrected chi connectivity index (χ1v) is 6.96. The Kier molecular flexibility index (Phi) is 4.98. The molecule has 0 unspecified atom stereocenters. The molecule has 0 aliphatic carbocycles. The first-order valence-electron chi connectivity index (χ1n) is 6.17. The Morgan fingerprint density at radius 1 is 1.14 bits per heavy atom. The van der Waals surface area contributed by atoms with Gasteiger partial charge in [0.25, 0.3) is 0 Å². The van der Waals surface area contributed by atoms with Gasteiger partial charge in [0, 0.05) is 11.8 Å². The van der Waals surface area contributed by atoms with Crippen LogP contribution in [0.25, 0.3) is 0 Å². The third kappa shape index (κ3) is 4.06. The van der Waals surface area contributed by atoms with Gasteiger partial charge in [-0.25, -0.2) is 4.39 Å². The minimum absolute atomic E-state index is 0.265. The molecule has 0 radical (unpaired) electrons. The first kappa shape index (κ1) is 15.5. The van der Waals surface area contributed by atoms with E-state index in [-0.39, 0.29) is 5.02 Å². The average molecular weight is 325 g/mol. The van der Waals surface area contributed by atoms with Crippen LogP contribution in [0.1, 0.15) is 5.56 Å². The molecule has 21 heavy (non-hydrogen) atoms. The summed E-state index contributed by atoms with van der Waals surface area (Å²) in [7, 11) is 1.60. The van der Waals surface area contributed by atoms with Gasteiger partial charge in [-0.05, 0) is 49.0 Å². The molecule has 110 valence electrons. The Morgan fingerprint density at radius 2 is 1.86 bits per heavy atom. The van der Waals surface area contributed by atoms with Crippen molar-refractivity contribution in [1.29, 1.82) is 0 Å². The summed E-state index contributed by atoms with van der Waals surface area (Å²) in [5, 5.41) is 6.62. The van der Waals surface area contributed by atoms with Crippen molar-refractivity contribution in [3.63, 3.8) is 0 Å². The van der Waals surface area contributed by atoms with Crippen molar-refractivity contribution < 1.29 is 9.13 Å². The standard InChI is InChI=1S/C15H14ClFN2OS/c1-9-3-5-11(20-2)8-14(9)19-15(21)18-13-6-4-10(17)7-12(13)16/h3-8H,1-2H3,(H2,18,19,21). The van der Waals surface area contributed by atoms with Gasteiger partial charge >= 0.3 is 0 Å². The number of nitrogens with one attached hydrogen (secondary N) is 2. The van der Waals surface area contributed by atoms with Crippen LogP contribution < -0.4 is 15.4 Å². The summed E-state index contributed by atoms with van der Waals surface area (Å²) in [5.41, 5.74) is 2.38. The van der Waals surface area contributed by atoms with Crippen molar-refractivity contribution in [2.75, 3.05) is 17.7 Å². The average Bonchev–Trinajstić information content (AvgIpc) is 2.44. The Morgan fingerprint density at radius 3 is 2.52 bits per heavy atom. The predicted molar refractivity (Wildman–Crippen MR) is 89.0 cm³/mol. The van der Waals surface area contributed by atoms with Crippen LogP contribution >= 0.6 is 23.8 Å². The van der Waals surface area contributed by atoms with E-state index in [2.05, 4.69) is 10.6 Å². The highest BCUT2D eigenvalue weighted by Crippen LogP contribution is 2.24. The van der Waals surface area contributed by atoms with Crippen LogP contribution in [0.5, 0.6) is 5.75 Å². The number of halogens is 2. The third-order valence-corrected chi connectivity index (χ3v) is 3.39. The molecule has 0 spiro atoms. The number of anilines is 2. The largest absolute Gasteiger partial charge is 0.497 e. The highest BCUT2D eigenvalue weighted by Gasteiger charge is 2.06. The van der Waals surface area contributed by atoms with Crippen LogP contribution in [0.2, 0.25) is 5.02 Å². The summed E-state index contributed by atoms with van der Waals surface area (Å²) in [6.45, 7) is 1.95. The summed E-state index contributed by atoms with van der Waals surface area (Å²) in [6, 6.07) is 9.71. The molecular formula is C15H14ClFN2OS. The van der Waals surface area contributed by atoms with E-state index < -0.39 is 5.82 Å². The summed E-state index contributed by atoms with van der Waals surface area (Å²) in [4.78, 5) is 0. The first-order chi connectivity index (χ1) is 9.99. The lowest BCUT2D eigenvalue weighted by atomic mass is 10.2. The van der Waals surface area contributed by atoms with Gasteiger partial charge in [0.1, 0.15) is 11.6 Å². The minimum atomic E-state index is -0.395.